The summed E-state index contributed by atoms with van der Waals surface area (Å²) in [5.74, 6) is -4.08. The minimum absolute atomic E-state index is 0.683. The smallest absolute Gasteiger partial charge is 0.346 e. The third-order valence-electron chi connectivity index (χ3n) is 1.89. The summed E-state index contributed by atoms with van der Waals surface area (Å²) in [5.41, 5.74) is 0. The Bertz CT molecular complexity index is 252. The second-order valence-corrected chi connectivity index (χ2v) is 3.33. The maximum absolute atomic E-state index is 12.6. The molecule has 0 aliphatic carbocycles. The molecule has 1 heterocycles. The Hall–Kier alpha value is -0.920. The quantitative estimate of drug-likeness (QED) is 0.687. The van der Waals surface area contributed by atoms with E-state index in [0.717, 1.165) is 0 Å². The SMILES string of the molecule is O=C(NCC(F)(F)F)C1CC(F)(F)CN1. The van der Waals surface area contributed by atoms with Crippen molar-refractivity contribution in [3.63, 3.8) is 0 Å². The number of carbonyl (C=O) groups excluding carboxylic acids is 1. The first kappa shape index (κ1) is 12.2. The van der Waals surface area contributed by atoms with Crippen LogP contribution in [0, 0.1) is 0 Å². The lowest BCUT2D eigenvalue weighted by atomic mass is 10.2. The van der Waals surface area contributed by atoms with Crippen molar-refractivity contribution < 1.29 is 26.7 Å². The summed E-state index contributed by atoms with van der Waals surface area (Å²) in [5, 5.41) is 3.70. The molecule has 1 fully saturated rings. The van der Waals surface area contributed by atoms with Gasteiger partial charge in [0.1, 0.15) is 6.54 Å². The second-order valence-electron chi connectivity index (χ2n) is 3.33. The Labute approximate surface area is 82.0 Å². The maximum Gasteiger partial charge on any atom is 0.405 e. The van der Waals surface area contributed by atoms with Crippen molar-refractivity contribution in [1.82, 2.24) is 10.6 Å². The standard InChI is InChI=1S/C7H9F5N2O/c8-6(9)1-4(13-2-6)5(15)14-3-7(10,11)12/h4,13H,1-3H2,(H,14,15). The van der Waals surface area contributed by atoms with Gasteiger partial charge in [0.15, 0.2) is 0 Å². The highest BCUT2D eigenvalue weighted by Crippen LogP contribution is 2.25. The van der Waals surface area contributed by atoms with E-state index in [4.69, 9.17) is 0 Å². The molecule has 1 aliphatic rings. The van der Waals surface area contributed by atoms with Gasteiger partial charge in [0.25, 0.3) is 5.92 Å². The van der Waals surface area contributed by atoms with Gasteiger partial charge in [-0.25, -0.2) is 8.78 Å². The van der Waals surface area contributed by atoms with Crippen LogP contribution in [0.3, 0.4) is 0 Å². The molecule has 3 nitrogen and oxygen atoms in total. The first-order valence-corrected chi connectivity index (χ1v) is 4.15. The summed E-state index contributed by atoms with van der Waals surface area (Å²) in [6, 6.07) is -1.25. The van der Waals surface area contributed by atoms with Crippen LogP contribution in [-0.2, 0) is 4.79 Å². The van der Waals surface area contributed by atoms with E-state index < -0.39 is 43.6 Å². The summed E-state index contributed by atoms with van der Waals surface area (Å²) < 4.78 is 60.1. The normalized spacial score (nSPS) is 25.3. The van der Waals surface area contributed by atoms with Crippen molar-refractivity contribution in [2.24, 2.45) is 0 Å². The highest BCUT2D eigenvalue weighted by atomic mass is 19.4. The first-order chi connectivity index (χ1) is 6.70. The van der Waals surface area contributed by atoms with Crippen LogP contribution in [0.1, 0.15) is 6.42 Å². The van der Waals surface area contributed by atoms with E-state index in [2.05, 4.69) is 5.32 Å². The zero-order valence-corrected chi connectivity index (χ0v) is 7.50. The molecule has 0 saturated carbocycles. The highest BCUT2D eigenvalue weighted by molar-refractivity contribution is 5.82. The predicted molar refractivity (Wildman–Crippen MR) is 40.4 cm³/mol. The Morgan fingerprint density at radius 2 is 2.07 bits per heavy atom. The molecule has 1 unspecified atom stereocenters. The Morgan fingerprint density at radius 1 is 1.47 bits per heavy atom. The second kappa shape index (κ2) is 3.92. The van der Waals surface area contributed by atoms with E-state index in [1.165, 1.54) is 0 Å². The molecule has 8 heteroatoms. The Kier molecular flexibility index (Phi) is 3.17. The average Bonchev–Trinajstić information content (AvgIpc) is 2.40. The van der Waals surface area contributed by atoms with E-state index >= 15 is 0 Å². The van der Waals surface area contributed by atoms with Gasteiger partial charge in [-0.2, -0.15) is 13.2 Å². The maximum atomic E-state index is 12.6. The summed E-state index contributed by atoms with van der Waals surface area (Å²) in [6.07, 6.45) is -5.30. The fraction of sp³-hybridized carbons (Fsp3) is 0.857. The van der Waals surface area contributed by atoms with Crippen molar-refractivity contribution in [3.05, 3.63) is 0 Å². The summed E-state index contributed by atoms with van der Waals surface area (Å²) >= 11 is 0. The fourth-order valence-corrected chi connectivity index (χ4v) is 1.21. The Morgan fingerprint density at radius 3 is 2.47 bits per heavy atom. The highest BCUT2D eigenvalue weighted by Gasteiger charge is 2.42. The molecule has 0 aromatic rings. The molecule has 1 atom stereocenters. The zero-order valence-electron chi connectivity index (χ0n) is 7.50. The van der Waals surface area contributed by atoms with Crippen LogP contribution in [0.15, 0.2) is 0 Å². The Balaban J connectivity index is 2.37. The molecular formula is C7H9F5N2O. The van der Waals surface area contributed by atoms with Crippen molar-refractivity contribution >= 4 is 5.91 Å². The molecule has 1 saturated heterocycles. The molecule has 15 heavy (non-hydrogen) atoms. The fourth-order valence-electron chi connectivity index (χ4n) is 1.21. The average molecular weight is 232 g/mol. The van der Waals surface area contributed by atoms with Crippen molar-refractivity contribution in [2.75, 3.05) is 13.1 Å². The van der Waals surface area contributed by atoms with Gasteiger partial charge in [0, 0.05) is 6.42 Å². The number of hydrogen-bond donors (Lipinski definition) is 2. The lowest BCUT2D eigenvalue weighted by Gasteiger charge is -2.12. The van der Waals surface area contributed by atoms with Gasteiger partial charge in [-0.1, -0.05) is 0 Å². The zero-order chi connectivity index (χ0) is 11.7. The predicted octanol–water partition coefficient (Wildman–Crippen LogP) is 0.662. The number of halogens is 5. The van der Waals surface area contributed by atoms with Gasteiger partial charge in [-0.3, -0.25) is 10.1 Å². The van der Waals surface area contributed by atoms with Crippen molar-refractivity contribution in [3.8, 4) is 0 Å². The van der Waals surface area contributed by atoms with E-state index in [9.17, 15) is 26.7 Å². The van der Waals surface area contributed by atoms with E-state index in [0.29, 0.717) is 0 Å². The van der Waals surface area contributed by atoms with Crippen LogP contribution < -0.4 is 10.6 Å². The minimum atomic E-state index is -4.53. The number of alkyl halides is 5. The molecular weight excluding hydrogens is 223 g/mol. The molecule has 0 aromatic heterocycles. The summed E-state index contributed by atoms with van der Waals surface area (Å²) in [6.45, 7) is -2.19. The van der Waals surface area contributed by atoms with Gasteiger partial charge < -0.3 is 5.32 Å². The van der Waals surface area contributed by atoms with Crippen LogP contribution in [0.25, 0.3) is 0 Å². The van der Waals surface area contributed by atoms with Gasteiger partial charge >= 0.3 is 6.18 Å². The van der Waals surface area contributed by atoms with Gasteiger partial charge in [-0.05, 0) is 0 Å². The third-order valence-corrected chi connectivity index (χ3v) is 1.89. The van der Waals surface area contributed by atoms with Crippen molar-refractivity contribution in [2.45, 2.75) is 24.6 Å². The van der Waals surface area contributed by atoms with Gasteiger partial charge in [-0.15, -0.1) is 0 Å². The van der Waals surface area contributed by atoms with E-state index in [1.807, 2.05) is 0 Å². The third kappa shape index (κ3) is 3.98. The number of nitrogens with one attached hydrogen (secondary N) is 2. The largest absolute Gasteiger partial charge is 0.405 e. The molecule has 2 N–H and O–H groups in total. The van der Waals surface area contributed by atoms with Crippen LogP contribution >= 0.6 is 0 Å². The van der Waals surface area contributed by atoms with Crippen LogP contribution in [0.5, 0.6) is 0 Å². The molecule has 88 valence electrons. The monoisotopic (exact) mass is 232 g/mol. The molecule has 1 amide bonds. The molecule has 1 aliphatic heterocycles. The topological polar surface area (TPSA) is 41.1 Å². The van der Waals surface area contributed by atoms with E-state index in [-0.39, 0.29) is 0 Å². The molecule has 1 rings (SSSR count). The number of hydrogen-bond acceptors (Lipinski definition) is 2. The molecule has 0 bridgehead atoms. The van der Waals surface area contributed by atoms with Gasteiger partial charge in [0.2, 0.25) is 5.91 Å². The molecule has 0 spiro atoms. The van der Waals surface area contributed by atoms with Crippen LogP contribution in [0.2, 0.25) is 0 Å². The lowest BCUT2D eigenvalue weighted by molar-refractivity contribution is -0.139. The van der Waals surface area contributed by atoms with Crippen LogP contribution in [-0.4, -0.2) is 37.1 Å². The van der Waals surface area contributed by atoms with E-state index in [1.54, 1.807) is 5.32 Å². The van der Waals surface area contributed by atoms with Crippen molar-refractivity contribution in [1.29, 1.82) is 0 Å². The number of rotatable bonds is 2. The van der Waals surface area contributed by atoms with Gasteiger partial charge in [0.05, 0.1) is 12.6 Å². The summed E-state index contributed by atoms with van der Waals surface area (Å²) in [7, 11) is 0. The van der Waals surface area contributed by atoms with Crippen LogP contribution in [0.4, 0.5) is 22.0 Å². The molecule has 0 aromatic carbocycles. The number of amides is 1. The summed E-state index contributed by atoms with van der Waals surface area (Å²) in [4.78, 5) is 11.0. The first-order valence-electron chi connectivity index (χ1n) is 4.15. The minimum Gasteiger partial charge on any atom is -0.346 e. The number of carbonyl (C=O) groups is 1. The lowest BCUT2D eigenvalue weighted by Crippen LogP contribution is -2.44. The molecule has 0 radical (unpaired) electrons.